The molecule has 2 amide bonds. The molecule has 11 heteroatoms. The van der Waals surface area contributed by atoms with E-state index in [-0.39, 0.29) is 20.7 Å². The van der Waals surface area contributed by atoms with E-state index in [1.54, 1.807) is 6.92 Å². The molecule has 0 unspecified atom stereocenters. The lowest BCUT2D eigenvalue weighted by Gasteiger charge is -2.07. The molecular weight excluding hydrogens is 437 g/mol. The summed E-state index contributed by atoms with van der Waals surface area (Å²) in [5, 5.41) is 6.30. The van der Waals surface area contributed by atoms with Crippen LogP contribution in [-0.2, 0) is 23.9 Å². The van der Waals surface area contributed by atoms with Crippen LogP contribution in [0.1, 0.15) is 39.1 Å². The van der Waals surface area contributed by atoms with E-state index in [1.807, 2.05) is 6.92 Å². The van der Waals surface area contributed by atoms with Crippen LogP contribution in [0, 0.1) is 13.8 Å². The summed E-state index contributed by atoms with van der Waals surface area (Å²) in [5.74, 6) is -1.28. The highest BCUT2D eigenvalue weighted by Gasteiger charge is 2.38. The Kier molecular flexibility index (Phi) is 5.81. The van der Waals surface area contributed by atoms with Crippen molar-refractivity contribution in [1.82, 2.24) is 9.78 Å². The van der Waals surface area contributed by atoms with Crippen molar-refractivity contribution in [3.63, 3.8) is 0 Å². The SMILES string of the molecule is CCc1c(C)sc(NC(=O)Cn2nc(C(F)(F)F)c(Br)c2C)c1C(N)=O. The Bertz CT molecular complexity index is 873. The average molecular weight is 453 g/mol. The number of thiophene rings is 1. The lowest BCUT2D eigenvalue weighted by Crippen LogP contribution is -2.22. The molecule has 2 aromatic rings. The van der Waals surface area contributed by atoms with Gasteiger partial charge in [-0.05, 0) is 41.8 Å². The maximum absolute atomic E-state index is 12.9. The number of amides is 2. The fourth-order valence-corrected chi connectivity index (χ4v) is 4.19. The molecule has 0 fully saturated rings. The van der Waals surface area contributed by atoms with Crippen LogP contribution in [0.15, 0.2) is 4.47 Å². The molecule has 0 saturated carbocycles. The van der Waals surface area contributed by atoms with Gasteiger partial charge in [-0.15, -0.1) is 11.3 Å². The Morgan fingerprint density at radius 1 is 1.35 bits per heavy atom. The van der Waals surface area contributed by atoms with Crippen LogP contribution >= 0.6 is 27.3 Å². The Morgan fingerprint density at radius 2 is 1.96 bits per heavy atom. The third-order valence-electron chi connectivity index (χ3n) is 3.76. The Balaban J connectivity index is 2.27. The second-order valence-electron chi connectivity index (χ2n) is 5.51. The number of aromatic nitrogens is 2. The monoisotopic (exact) mass is 452 g/mol. The highest BCUT2D eigenvalue weighted by molar-refractivity contribution is 9.10. The zero-order valence-electron chi connectivity index (χ0n) is 14.1. The number of carbonyl (C=O) groups excluding carboxylic acids is 2. The first-order valence-electron chi connectivity index (χ1n) is 7.49. The van der Waals surface area contributed by atoms with Gasteiger partial charge in [-0.25, -0.2) is 0 Å². The summed E-state index contributed by atoms with van der Waals surface area (Å²) < 4.78 is 39.4. The first-order chi connectivity index (χ1) is 12.0. The number of nitrogens with two attached hydrogens (primary N) is 1. The maximum atomic E-state index is 12.9. The Morgan fingerprint density at radius 3 is 2.42 bits per heavy atom. The molecule has 2 rings (SSSR count). The average Bonchev–Trinajstić information content (AvgIpc) is 2.97. The molecule has 0 aromatic carbocycles. The molecule has 26 heavy (non-hydrogen) atoms. The molecule has 0 aliphatic carbocycles. The largest absolute Gasteiger partial charge is 0.436 e. The van der Waals surface area contributed by atoms with Crippen molar-refractivity contribution in [3.8, 4) is 0 Å². The van der Waals surface area contributed by atoms with Gasteiger partial charge < -0.3 is 11.1 Å². The predicted octanol–water partition coefficient (Wildman–Crippen LogP) is 3.64. The smallest absolute Gasteiger partial charge is 0.365 e. The van der Waals surface area contributed by atoms with Crippen molar-refractivity contribution in [1.29, 1.82) is 0 Å². The molecule has 0 aliphatic heterocycles. The van der Waals surface area contributed by atoms with Gasteiger partial charge in [-0.2, -0.15) is 18.3 Å². The van der Waals surface area contributed by atoms with Crippen molar-refractivity contribution in [2.75, 3.05) is 5.32 Å². The summed E-state index contributed by atoms with van der Waals surface area (Å²) in [6.07, 6.45) is -4.07. The van der Waals surface area contributed by atoms with E-state index < -0.39 is 30.2 Å². The zero-order chi connectivity index (χ0) is 19.8. The summed E-state index contributed by atoms with van der Waals surface area (Å²) in [6, 6.07) is 0. The molecule has 0 spiro atoms. The lowest BCUT2D eigenvalue weighted by atomic mass is 10.1. The van der Waals surface area contributed by atoms with E-state index in [9.17, 15) is 22.8 Å². The van der Waals surface area contributed by atoms with Crippen LogP contribution in [0.5, 0.6) is 0 Å². The van der Waals surface area contributed by atoms with Gasteiger partial charge in [0, 0.05) is 4.88 Å². The summed E-state index contributed by atoms with van der Waals surface area (Å²) in [5.41, 5.74) is 5.44. The number of hydrogen-bond donors (Lipinski definition) is 2. The molecule has 0 saturated heterocycles. The van der Waals surface area contributed by atoms with Gasteiger partial charge in [-0.1, -0.05) is 6.92 Å². The van der Waals surface area contributed by atoms with Gasteiger partial charge in [0.2, 0.25) is 5.91 Å². The number of aryl methyl sites for hydroxylation is 1. The predicted molar refractivity (Wildman–Crippen MR) is 95.2 cm³/mol. The van der Waals surface area contributed by atoms with Crippen LogP contribution in [-0.4, -0.2) is 21.6 Å². The normalized spacial score (nSPS) is 11.7. The molecule has 3 N–H and O–H groups in total. The molecule has 6 nitrogen and oxygen atoms in total. The number of nitrogens with one attached hydrogen (secondary N) is 1. The zero-order valence-corrected chi connectivity index (χ0v) is 16.5. The second-order valence-corrected chi connectivity index (χ2v) is 7.53. The van der Waals surface area contributed by atoms with Gasteiger partial charge in [-0.3, -0.25) is 14.3 Å². The van der Waals surface area contributed by atoms with Gasteiger partial charge in [0.25, 0.3) is 5.91 Å². The second kappa shape index (κ2) is 7.39. The van der Waals surface area contributed by atoms with Gasteiger partial charge in [0.15, 0.2) is 5.69 Å². The van der Waals surface area contributed by atoms with Crippen LogP contribution in [0.3, 0.4) is 0 Å². The summed E-state index contributed by atoms with van der Waals surface area (Å²) in [7, 11) is 0. The van der Waals surface area contributed by atoms with Crippen molar-refractivity contribution >= 4 is 44.1 Å². The highest BCUT2D eigenvalue weighted by Crippen LogP contribution is 2.36. The van der Waals surface area contributed by atoms with E-state index >= 15 is 0 Å². The number of alkyl halides is 3. The van der Waals surface area contributed by atoms with Crippen molar-refractivity contribution in [2.45, 2.75) is 39.9 Å². The molecule has 2 aromatic heterocycles. The highest BCUT2D eigenvalue weighted by atomic mass is 79.9. The van der Waals surface area contributed by atoms with Crippen molar-refractivity contribution < 1.29 is 22.8 Å². The van der Waals surface area contributed by atoms with Gasteiger partial charge in [0.1, 0.15) is 11.5 Å². The minimum atomic E-state index is -4.63. The van der Waals surface area contributed by atoms with E-state index in [1.165, 1.54) is 18.3 Å². The van der Waals surface area contributed by atoms with Crippen LogP contribution in [0.2, 0.25) is 0 Å². The summed E-state index contributed by atoms with van der Waals surface area (Å²) >= 11 is 4.05. The fraction of sp³-hybridized carbons (Fsp3) is 0.400. The number of nitrogens with zero attached hydrogens (tertiary/aromatic N) is 2. The van der Waals surface area contributed by atoms with Gasteiger partial charge in [0.05, 0.1) is 15.7 Å². The quantitative estimate of drug-likeness (QED) is 0.725. The van der Waals surface area contributed by atoms with Gasteiger partial charge >= 0.3 is 6.18 Å². The van der Waals surface area contributed by atoms with Crippen LogP contribution < -0.4 is 11.1 Å². The van der Waals surface area contributed by atoms with E-state index in [4.69, 9.17) is 5.73 Å². The van der Waals surface area contributed by atoms with Crippen molar-refractivity contribution in [2.24, 2.45) is 5.73 Å². The van der Waals surface area contributed by atoms with Crippen LogP contribution in [0.25, 0.3) is 0 Å². The molecular formula is C15H16BrF3N4O2S. The molecule has 0 radical (unpaired) electrons. The van der Waals surface area contributed by atoms with E-state index in [0.29, 0.717) is 6.42 Å². The number of primary amides is 1. The maximum Gasteiger partial charge on any atom is 0.436 e. The number of carbonyl (C=O) groups is 2. The minimum absolute atomic E-state index is 0.166. The molecule has 142 valence electrons. The molecule has 2 heterocycles. The number of anilines is 1. The number of halogens is 4. The van der Waals surface area contributed by atoms with Crippen LogP contribution in [0.4, 0.5) is 18.2 Å². The summed E-state index contributed by atoms with van der Waals surface area (Å²) in [4.78, 5) is 24.8. The third kappa shape index (κ3) is 3.93. The molecule has 0 aliphatic rings. The lowest BCUT2D eigenvalue weighted by molar-refractivity contribution is -0.142. The van der Waals surface area contributed by atoms with E-state index in [2.05, 4.69) is 26.3 Å². The minimum Gasteiger partial charge on any atom is -0.365 e. The molecule has 0 bridgehead atoms. The third-order valence-corrected chi connectivity index (χ3v) is 5.77. The Hall–Kier alpha value is -1.88. The number of hydrogen-bond acceptors (Lipinski definition) is 4. The summed E-state index contributed by atoms with van der Waals surface area (Å²) in [6.45, 7) is 4.64. The van der Waals surface area contributed by atoms with E-state index in [0.717, 1.165) is 15.1 Å². The fourth-order valence-electron chi connectivity index (χ4n) is 2.51. The first-order valence-corrected chi connectivity index (χ1v) is 9.10. The molecule has 0 atom stereocenters. The first kappa shape index (κ1) is 20.4. The number of rotatable bonds is 5. The standard InChI is InChI=1S/C15H16BrF3N4O2S/c1-4-8-7(3)26-14(10(8)13(20)25)21-9(24)5-23-6(2)11(16)12(22-23)15(17,18)19/h4-5H2,1-3H3,(H2,20,25)(H,21,24). The van der Waals surface area contributed by atoms with Crippen molar-refractivity contribution in [3.05, 3.63) is 31.9 Å². The Labute approximate surface area is 159 Å². The topological polar surface area (TPSA) is 90.0 Å².